The molecule has 0 heterocycles. The normalized spacial score (nSPS) is 12.8. The van der Waals surface area contributed by atoms with Crippen LogP contribution in [-0.4, -0.2) is 0 Å². The summed E-state index contributed by atoms with van der Waals surface area (Å²) in [5, 5.41) is 0. The first kappa shape index (κ1) is 11.0. The molecule has 0 saturated carbocycles. The Morgan fingerprint density at radius 1 is 1.50 bits per heavy atom. The smallest absolute Gasteiger partial charge is 0.00184 e. The van der Waals surface area contributed by atoms with Gasteiger partial charge in [-0.1, -0.05) is 31.4 Å². The summed E-state index contributed by atoms with van der Waals surface area (Å²) >= 11 is 0. The van der Waals surface area contributed by atoms with E-state index in [1.165, 1.54) is 18.4 Å². The molecule has 0 spiro atoms. The first-order chi connectivity index (χ1) is 5.76. The van der Waals surface area contributed by atoms with Crippen molar-refractivity contribution >= 4 is 0 Å². The quantitative estimate of drug-likeness (QED) is 0.437. The molecular formula is C12H18. The summed E-state index contributed by atoms with van der Waals surface area (Å²) in [6.45, 7) is 6.22. The van der Waals surface area contributed by atoms with Crippen LogP contribution in [0.3, 0.4) is 0 Å². The van der Waals surface area contributed by atoms with E-state index in [-0.39, 0.29) is 0 Å². The van der Waals surface area contributed by atoms with Crippen molar-refractivity contribution in [2.24, 2.45) is 0 Å². The predicted octanol–water partition coefficient (Wildman–Crippen LogP) is 3.70. The molecule has 0 aromatic rings. The van der Waals surface area contributed by atoms with Gasteiger partial charge in [0.15, 0.2) is 0 Å². The third-order valence-corrected chi connectivity index (χ3v) is 1.87. The van der Waals surface area contributed by atoms with Crippen molar-refractivity contribution in [3.8, 4) is 12.3 Å². The third kappa shape index (κ3) is 4.03. The van der Waals surface area contributed by atoms with Crippen molar-refractivity contribution < 1.29 is 0 Å². The Morgan fingerprint density at radius 3 is 2.58 bits per heavy atom. The maximum absolute atomic E-state index is 5.33. The van der Waals surface area contributed by atoms with Crippen LogP contribution in [-0.2, 0) is 0 Å². The minimum absolute atomic E-state index is 1.07. The molecule has 0 atom stereocenters. The second-order valence-corrected chi connectivity index (χ2v) is 2.90. The number of hydrogen-bond donors (Lipinski definition) is 0. The lowest BCUT2D eigenvalue weighted by molar-refractivity contribution is 0.794. The molecule has 0 aromatic carbocycles. The van der Waals surface area contributed by atoms with Crippen LogP contribution in [0, 0.1) is 12.3 Å². The lowest BCUT2D eigenvalue weighted by Crippen LogP contribution is -1.84. The molecule has 0 N–H and O–H groups in total. The van der Waals surface area contributed by atoms with Crippen molar-refractivity contribution in [2.75, 3.05) is 0 Å². The summed E-state index contributed by atoms with van der Waals surface area (Å²) in [5.74, 6) is 2.69. The van der Waals surface area contributed by atoms with Crippen molar-refractivity contribution in [3.63, 3.8) is 0 Å². The van der Waals surface area contributed by atoms with Crippen LogP contribution in [0.15, 0.2) is 23.3 Å². The summed E-state index contributed by atoms with van der Waals surface area (Å²) in [7, 11) is 0. The topological polar surface area (TPSA) is 0 Å². The van der Waals surface area contributed by atoms with Gasteiger partial charge in [0.05, 0.1) is 0 Å². The summed E-state index contributed by atoms with van der Waals surface area (Å²) in [4.78, 5) is 0. The number of terminal acetylenes is 1. The Morgan fingerprint density at radius 2 is 2.17 bits per heavy atom. The fourth-order valence-corrected chi connectivity index (χ4v) is 1.06. The predicted molar refractivity (Wildman–Crippen MR) is 55.9 cm³/mol. The maximum atomic E-state index is 5.33. The highest BCUT2D eigenvalue weighted by Crippen LogP contribution is 2.13. The van der Waals surface area contributed by atoms with E-state index in [1.54, 1.807) is 0 Å². The van der Waals surface area contributed by atoms with Gasteiger partial charge in [-0.15, -0.1) is 6.42 Å². The zero-order valence-corrected chi connectivity index (χ0v) is 8.35. The van der Waals surface area contributed by atoms with Gasteiger partial charge in [0.1, 0.15) is 0 Å². The minimum atomic E-state index is 1.07. The Hall–Kier alpha value is -0.960. The van der Waals surface area contributed by atoms with Crippen LogP contribution in [0.1, 0.15) is 40.0 Å². The number of unbranched alkanes of at least 4 members (excludes halogenated alkanes) is 1. The first-order valence-electron chi connectivity index (χ1n) is 4.55. The van der Waals surface area contributed by atoms with E-state index < -0.39 is 0 Å². The van der Waals surface area contributed by atoms with Crippen LogP contribution < -0.4 is 0 Å². The van der Waals surface area contributed by atoms with Crippen molar-refractivity contribution in [3.05, 3.63) is 23.3 Å². The molecule has 0 bridgehead atoms. The molecule has 0 unspecified atom stereocenters. The van der Waals surface area contributed by atoms with Crippen LogP contribution in [0.4, 0.5) is 0 Å². The van der Waals surface area contributed by atoms with Gasteiger partial charge in [-0.05, 0) is 32.3 Å². The molecule has 12 heavy (non-hydrogen) atoms. The molecule has 0 aliphatic carbocycles. The Kier molecular flexibility index (Phi) is 6.19. The lowest BCUT2D eigenvalue weighted by atomic mass is 10.0. The first-order valence-corrected chi connectivity index (χ1v) is 4.55. The van der Waals surface area contributed by atoms with Crippen LogP contribution in [0.2, 0.25) is 0 Å². The summed E-state index contributed by atoms with van der Waals surface area (Å²) < 4.78 is 0. The van der Waals surface area contributed by atoms with E-state index in [9.17, 15) is 0 Å². The van der Waals surface area contributed by atoms with Gasteiger partial charge >= 0.3 is 0 Å². The summed E-state index contributed by atoms with van der Waals surface area (Å²) in [6, 6.07) is 0. The fourth-order valence-electron chi connectivity index (χ4n) is 1.06. The molecule has 66 valence electrons. The zero-order chi connectivity index (χ0) is 9.40. The van der Waals surface area contributed by atoms with Crippen LogP contribution in [0.5, 0.6) is 0 Å². The van der Waals surface area contributed by atoms with Gasteiger partial charge in [0.2, 0.25) is 0 Å². The fraction of sp³-hybridized carbons (Fsp3) is 0.500. The molecule has 0 saturated heterocycles. The second kappa shape index (κ2) is 6.73. The largest absolute Gasteiger partial charge is 0.115 e. The maximum Gasteiger partial charge on any atom is 0.00184 e. The average Bonchev–Trinajstić information content (AvgIpc) is 2.11. The zero-order valence-electron chi connectivity index (χ0n) is 8.35. The minimum Gasteiger partial charge on any atom is -0.115 e. The Labute approximate surface area is 76.4 Å². The molecule has 0 heteroatoms. The summed E-state index contributed by atoms with van der Waals surface area (Å²) in [6.07, 6.45) is 13.0. The number of rotatable bonds is 4. The number of allylic oxidation sites excluding steroid dienone is 4. The standard InChI is InChI=1S/C12H18/c1-5-8-10-12(9-6-2)11(4)7-3/h3,6,9H,5,8,10H2,1-2,4H3/b9-6-,12-11-. The molecule has 0 aliphatic heterocycles. The molecule has 0 aliphatic rings. The highest BCUT2D eigenvalue weighted by atomic mass is 14.0. The van der Waals surface area contributed by atoms with Gasteiger partial charge in [-0.3, -0.25) is 0 Å². The molecule has 0 radical (unpaired) electrons. The second-order valence-electron chi connectivity index (χ2n) is 2.90. The monoisotopic (exact) mass is 162 g/mol. The Balaban J connectivity index is 4.35. The van der Waals surface area contributed by atoms with Gasteiger partial charge < -0.3 is 0 Å². The lowest BCUT2D eigenvalue weighted by Gasteiger charge is -2.02. The van der Waals surface area contributed by atoms with E-state index in [4.69, 9.17) is 6.42 Å². The average molecular weight is 162 g/mol. The highest BCUT2D eigenvalue weighted by molar-refractivity contribution is 5.35. The van der Waals surface area contributed by atoms with E-state index in [2.05, 4.69) is 18.9 Å². The molecule has 0 rings (SSSR count). The highest BCUT2D eigenvalue weighted by Gasteiger charge is 1.95. The summed E-state index contributed by atoms with van der Waals surface area (Å²) in [5.41, 5.74) is 2.38. The van der Waals surface area contributed by atoms with Gasteiger partial charge in [0, 0.05) is 5.57 Å². The molecule has 0 nitrogen and oxygen atoms in total. The number of hydrogen-bond acceptors (Lipinski definition) is 0. The van der Waals surface area contributed by atoms with Crippen molar-refractivity contribution in [1.82, 2.24) is 0 Å². The van der Waals surface area contributed by atoms with Crippen LogP contribution >= 0.6 is 0 Å². The molecule has 0 fully saturated rings. The van der Waals surface area contributed by atoms with Crippen molar-refractivity contribution in [2.45, 2.75) is 40.0 Å². The van der Waals surface area contributed by atoms with E-state index in [0.29, 0.717) is 0 Å². The van der Waals surface area contributed by atoms with E-state index >= 15 is 0 Å². The Bertz CT molecular complexity index is 211. The van der Waals surface area contributed by atoms with Crippen LogP contribution in [0.25, 0.3) is 0 Å². The van der Waals surface area contributed by atoms with E-state index in [1.807, 2.05) is 19.9 Å². The van der Waals surface area contributed by atoms with Crippen molar-refractivity contribution in [1.29, 1.82) is 0 Å². The van der Waals surface area contributed by atoms with Gasteiger partial charge in [0.25, 0.3) is 0 Å². The van der Waals surface area contributed by atoms with E-state index in [0.717, 1.165) is 12.0 Å². The van der Waals surface area contributed by atoms with Gasteiger partial charge in [-0.2, -0.15) is 0 Å². The van der Waals surface area contributed by atoms with Gasteiger partial charge in [-0.25, -0.2) is 0 Å². The molecular weight excluding hydrogens is 144 g/mol. The SMILES string of the molecule is C#C/C(C)=C(/C=C\C)CCCC. The third-order valence-electron chi connectivity index (χ3n) is 1.87. The molecule has 0 aromatic heterocycles. The molecule has 0 amide bonds.